The van der Waals surface area contributed by atoms with Gasteiger partial charge in [0.2, 0.25) is 0 Å². The summed E-state index contributed by atoms with van der Waals surface area (Å²) >= 11 is 8.73. The number of hydrogen-bond acceptors (Lipinski definition) is 2. The van der Waals surface area contributed by atoms with E-state index in [0.717, 1.165) is 0 Å². The van der Waals surface area contributed by atoms with Gasteiger partial charge in [-0.1, -0.05) is 11.6 Å². The predicted octanol–water partition coefficient (Wildman–Crippen LogP) is 3.50. The number of nitroso groups, excluding NO2 is 1. The van der Waals surface area contributed by atoms with Crippen molar-refractivity contribution in [2.45, 2.75) is 0 Å². The molecule has 1 aromatic rings. The first-order chi connectivity index (χ1) is 4.74. The number of benzene rings is 1. The van der Waals surface area contributed by atoms with E-state index in [1.165, 1.54) is 0 Å². The maximum atomic E-state index is 10.0. The molecule has 0 spiro atoms. The number of hydrogen-bond donors (Lipinski definition) is 0. The van der Waals surface area contributed by atoms with Crippen LogP contribution in [-0.4, -0.2) is 0 Å². The summed E-state index contributed by atoms with van der Waals surface area (Å²) in [6.45, 7) is 0. The van der Waals surface area contributed by atoms with Gasteiger partial charge in [0.15, 0.2) is 0 Å². The summed E-state index contributed by atoms with van der Waals surface area (Å²) in [7, 11) is 0. The summed E-state index contributed by atoms with van der Waals surface area (Å²) in [5, 5.41) is 3.34. The summed E-state index contributed by atoms with van der Waals surface area (Å²) in [5.41, 5.74) is 0.365. The molecule has 0 aliphatic carbocycles. The van der Waals surface area contributed by atoms with Crippen LogP contribution in [0.1, 0.15) is 0 Å². The molecule has 0 amide bonds. The topological polar surface area (TPSA) is 29.4 Å². The van der Waals surface area contributed by atoms with Gasteiger partial charge in [0, 0.05) is 9.50 Å². The first-order valence-corrected chi connectivity index (χ1v) is 3.69. The Labute approximate surface area is 71.3 Å². The largest absolute Gasteiger partial charge is 0.145 e. The second-order valence-electron chi connectivity index (χ2n) is 1.69. The molecular weight excluding hydrogens is 217 g/mol. The van der Waals surface area contributed by atoms with Crippen molar-refractivity contribution >= 4 is 33.2 Å². The number of halogens is 2. The summed E-state index contributed by atoms with van der Waals surface area (Å²) in [6, 6.07) is 4.79. The Kier molecular flexibility index (Phi) is 2.40. The standard InChI is InChI=1S/C6H3BrClNO/c7-5-3-4(8)1-2-6(5)9-10/h1-3H. The van der Waals surface area contributed by atoms with Gasteiger partial charge in [0.1, 0.15) is 5.69 Å². The zero-order valence-corrected chi connectivity index (χ0v) is 7.19. The molecule has 0 radical (unpaired) electrons. The highest BCUT2D eigenvalue weighted by Gasteiger charge is 1.98. The molecule has 0 saturated heterocycles. The lowest BCUT2D eigenvalue weighted by Crippen LogP contribution is -1.66. The summed E-state index contributed by atoms with van der Waals surface area (Å²) in [4.78, 5) is 10.0. The van der Waals surface area contributed by atoms with E-state index < -0.39 is 0 Å². The highest BCUT2D eigenvalue weighted by Crippen LogP contribution is 2.27. The average Bonchev–Trinajstić information content (AvgIpc) is 1.88. The Balaban J connectivity index is 3.19. The lowest BCUT2D eigenvalue weighted by molar-refractivity contribution is 1.47. The van der Waals surface area contributed by atoms with Gasteiger partial charge < -0.3 is 0 Å². The van der Waals surface area contributed by atoms with Crippen LogP contribution in [0.3, 0.4) is 0 Å². The highest BCUT2D eigenvalue weighted by molar-refractivity contribution is 9.10. The van der Waals surface area contributed by atoms with Crippen LogP contribution in [0.15, 0.2) is 27.8 Å². The lowest BCUT2D eigenvalue weighted by atomic mass is 10.3. The van der Waals surface area contributed by atoms with E-state index in [2.05, 4.69) is 21.1 Å². The minimum absolute atomic E-state index is 0.365. The third-order valence-electron chi connectivity index (χ3n) is 1.01. The van der Waals surface area contributed by atoms with E-state index in [1.54, 1.807) is 18.2 Å². The van der Waals surface area contributed by atoms with E-state index in [0.29, 0.717) is 15.2 Å². The first kappa shape index (κ1) is 7.69. The van der Waals surface area contributed by atoms with E-state index >= 15 is 0 Å². The van der Waals surface area contributed by atoms with E-state index in [-0.39, 0.29) is 0 Å². The van der Waals surface area contributed by atoms with Crippen molar-refractivity contribution in [2.75, 3.05) is 0 Å². The van der Waals surface area contributed by atoms with Crippen molar-refractivity contribution in [3.05, 3.63) is 32.6 Å². The maximum Gasteiger partial charge on any atom is 0.122 e. The van der Waals surface area contributed by atoms with Crippen molar-refractivity contribution in [3.63, 3.8) is 0 Å². The molecule has 0 aliphatic heterocycles. The number of nitrogens with zero attached hydrogens (tertiary/aromatic N) is 1. The van der Waals surface area contributed by atoms with E-state index in [1.807, 2.05) is 0 Å². The van der Waals surface area contributed by atoms with Crippen LogP contribution in [0.5, 0.6) is 0 Å². The van der Waals surface area contributed by atoms with Crippen molar-refractivity contribution in [3.8, 4) is 0 Å². The smallest absolute Gasteiger partial charge is 0.122 e. The quantitative estimate of drug-likeness (QED) is 0.666. The maximum absolute atomic E-state index is 10.0. The van der Waals surface area contributed by atoms with Gasteiger partial charge >= 0.3 is 0 Å². The molecule has 2 nitrogen and oxygen atoms in total. The zero-order valence-electron chi connectivity index (χ0n) is 4.84. The Morgan fingerprint density at radius 2 is 2.20 bits per heavy atom. The Hall–Kier alpha value is -0.410. The minimum Gasteiger partial charge on any atom is -0.145 e. The van der Waals surface area contributed by atoms with Gasteiger partial charge in [-0.25, -0.2) is 0 Å². The summed E-state index contributed by atoms with van der Waals surface area (Å²) in [5.74, 6) is 0. The van der Waals surface area contributed by atoms with E-state index in [4.69, 9.17) is 11.6 Å². The summed E-state index contributed by atoms with van der Waals surface area (Å²) < 4.78 is 0.620. The molecule has 0 saturated carbocycles. The van der Waals surface area contributed by atoms with Gasteiger partial charge in [-0.15, -0.1) is 4.91 Å². The predicted molar refractivity (Wildman–Crippen MR) is 44.6 cm³/mol. The molecule has 52 valence electrons. The van der Waals surface area contributed by atoms with Crippen LogP contribution in [-0.2, 0) is 0 Å². The highest BCUT2D eigenvalue weighted by atomic mass is 79.9. The molecule has 0 bridgehead atoms. The Morgan fingerprint density at radius 1 is 1.50 bits per heavy atom. The molecule has 0 unspecified atom stereocenters. The Morgan fingerprint density at radius 3 is 2.70 bits per heavy atom. The monoisotopic (exact) mass is 219 g/mol. The SMILES string of the molecule is O=Nc1ccc(Cl)cc1Br. The van der Waals surface area contributed by atoms with E-state index in [9.17, 15) is 4.91 Å². The Bertz CT molecular complexity index is 264. The fraction of sp³-hybridized carbons (Fsp3) is 0. The molecule has 0 atom stereocenters. The van der Waals surface area contributed by atoms with Gasteiger partial charge in [-0.2, -0.15) is 0 Å². The molecule has 0 fully saturated rings. The third kappa shape index (κ3) is 1.55. The fourth-order valence-electron chi connectivity index (χ4n) is 0.555. The van der Waals surface area contributed by atoms with Crippen LogP contribution < -0.4 is 0 Å². The molecule has 0 heterocycles. The molecule has 0 N–H and O–H groups in total. The molecule has 10 heavy (non-hydrogen) atoms. The van der Waals surface area contributed by atoms with Crippen LogP contribution >= 0.6 is 27.5 Å². The van der Waals surface area contributed by atoms with Crippen LogP contribution in [0, 0.1) is 4.91 Å². The van der Waals surface area contributed by atoms with Crippen molar-refractivity contribution in [1.82, 2.24) is 0 Å². The third-order valence-corrected chi connectivity index (χ3v) is 1.88. The fourth-order valence-corrected chi connectivity index (χ4v) is 1.31. The van der Waals surface area contributed by atoms with Gasteiger partial charge in [-0.05, 0) is 39.3 Å². The molecule has 1 aromatic carbocycles. The molecule has 0 aromatic heterocycles. The average molecular weight is 220 g/mol. The van der Waals surface area contributed by atoms with Crippen molar-refractivity contribution < 1.29 is 0 Å². The van der Waals surface area contributed by atoms with Crippen molar-refractivity contribution in [1.29, 1.82) is 0 Å². The first-order valence-electron chi connectivity index (χ1n) is 2.52. The second kappa shape index (κ2) is 3.12. The van der Waals surface area contributed by atoms with Crippen LogP contribution in [0.25, 0.3) is 0 Å². The molecular formula is C6H3BrClNO. The summed E-state index contributed by atoms with van der Waals surface area (Å²) in [6.07, 6.45) is 0. The second-order valence-corrected chi connectivity index (χ2v) is 2.98. The number of rotatable bonds is 1. The molecule has 0 aliphatic rings. The van der Waals surface area contributed by atoms with Gasteiger partial charge in [0.25, 0.3) is 0 Å². The molecule has 1 rings (SSSR count). The minimum atomic E-state index is 0.365. The van der Waals surface area contributed by atoms with Crippen LogP contribution in [0.2, 0.25) is 5.02 Å². The van der Waals surface area contributed by atoms with Crippen molar-refractivity contribution in [2.24, 2.45) is 5.18 Å². The molecule has 4 heteroatoms. The lowest BCUT2D eigenvalue weighted by Gasteiger charge is -1.92. The van der Waals surface area contributed by atoms with Crippen LogP contribution in [0.4, 0.5) is 5.69 Å². The normalized spacial score (nSPS) is 9.40. The van der Waals surface area contributed by atoms with Gasteiger partial charge in [-0.3, -0.25) is 0 Å². The van der Waals surface area contributed by atoms with Gasteiger partial charge in [0.05, 0.1) is 0 Å². The zero-order chi connectivity index (χ0) is 7.56.